The molecule has 2 aromatic heterocycles. The second-order valence-electron chi connectivity index (χ2n) is 10.9. The van der Waals surface area contributed by atoms with Gasteiger partial charge >= 0.3 is 0 Å². The average Bonchev–Trinajstić information content (AvgIpc) is 3.80. The van der Waals surface area contributed by atoms with Crippen molar-refractivity contribution in [3.63, 3.8) is 0 Å². The number of nitrogens with zero attached hydrogens (tertiary/aromatic N) is 6. The number of rotatable bonds is 7. The van der Waals surface area contributed by atoms with Crippen LogP contribution in [0.25, 0.3) is 68.1 Å². The molecule has 218 valence electrons. The zero-order valence-electron chi connectivity index (χ0n) is 24.8. The molecule has 8 aromatic rings. The van der Waals surface area contributed by atoms with E-state index in [1.54, 1.807) is 0 Å². The van der Waals surface area contributed by atoms with Gasteiger partial charge < -0.3 is 0 Å². The molecule has 0 aliphatic rings. The molecule has 0 aliphatic heterocycles. The summed E-state index contributed by atoms with van der Waals surface area (Å²) in [5.74, 6) is 2.98. The normalized spacial score (nSPS) is 11.0. The molecule has 0 radical (unpaired) electrons. The number of hydrogen-bond acceptors (Lipinski definition) is 4. The van der Waals surface area contributed by atoms with Crippen molar-refractivity contribution < 1.29 is 0 Å². The second kappa shape index (κ2) is 11.9. The zero-order valence-corrected chi connectivity index (χ0v) is 24.8. The monoisotopic (exact) mass is 592 g/mol. The van der Waals surface area contributed by atoms with Gasteiger partial charge in [-0.2, -0.15) is 0 Å². The van der Waals surface area contributed by atoms with Crippen LogP contribution in [-0.2, 0) is 0 Å². The summed E-state index contributed by atoms with van der Waals surface area (Å²) in [6.07, 6.45) is 0. The Bertz CT molecular complexity index is 2040. The molecule has 0 aliphatic carbocycles. The zero-order chi connectivity index (χ0) is 30.7. The van der Waals surface area contributed by atoms with E-state index in [-0.39, 0.29) is 0 Å². The first-order valence-corrected chi connectivity index (χ1v) is 15.2. The number of hydrogen-bond donors (Lipinski definition) is 0. The van der Waals surface area contributed by atoms with Crippen molar-refractivity contribution in [2.45, 2.75) is 0 Å². The van der Waals surface area contributed by atoms with E-state index in [9.17, 15) is 0 Å². The number of aromatic nitrogens is 6. The van der Waals surface area contributed by atoms with Gasteiger partial charge in [-0.1, -0.05) is 146 Å². The van der Waals surface area contributed by atoms with Crippen molar-refractivity contribution in [3.8, 4) is 68.1 Å². The largest absolute Gasteiger partial charge is 0.213 e. The van der Waals surface area contributed by atoms with Crippen molar-refractivity contribution in [1.82, 2.24) is 29.5 Å². The average molecular weight is 593 g/mol. The summed E-state index contributed by atoms with van der Waals surface area (Å²) in [5.41, 5.74) is 8.07. The van der Waals surface area contributed by atoms with E-state index >= 15 is 0 Å². The Balaban J connectivity index is 1.12. The van der Waals surface area contributed by atoms with Crippen LogP contribution in [0.15, 0.2) is 170 Å². The summed E-state index contributed by atoms with van der Waals surface area (Å²) in [7, 11) is 0. The molecule has 6 nitrogen and oxygen atoms in total. The maximum atomic E-state index is 4.93. The predicted octanol–water partition coefficient (Wildman–Crippen LogP) is 9.18. The van der Waals surface area contributed by atoms with Gasteiger partial charge in [-0.15, -0.1) is 10.2 Å². The van der Waals surface area contributed by atoms with Crippen LogP contribution in [0.5, 0.6) is 0 Å². The van der Waals surface area contributed by atoms with E-state index in [1.807, 2.05) is 106 Å². The lowest BCUT2D eigenvalue weighted by molar-refractivity contribution is 0.890. The third-order valence-electron chi connectivity index (χ3n) is 7.90. The first-order chi connectivity index (χ1) is 22.8. The fraction of sp³-hybridized carbons (Fsp3) is 0. The van der Waals surface area contributed by atoms with Gasteiger partial charge in [0.25, 0.3) is 0 Å². The molecule has 0 N–H and O–H groups in total. The summed E-state index contributed by atoms with van der Waals surface area (Å²) in [6.45, 7) is 0. The van der Waals surface area contributed by atoms with Gasteiger partial charge in [0, 0.05) is 22.3 Å². The molecule has 2 heterocycles. The van der Waals surface area contributed by atoms with E-state index in [2.05, 4.69) is 72.8 Å². The van der Waals surface area contributed by atoms with Gasteiger partial charge in [-0.25, -0.2) is 19.3 Å². The molecule has 0 amide bonds. The minimum absolute atomic E-state index is 0.692. The lowest BCUT2D eigenvalue weighted by atomic mass is 10.0. The highest BCUT2D eigenvalue weighted by atomic mass is 15.4. The Morgan fingerprint density at radius 3 is 0.913 bits per heavy atom. The van der Waals surface area contributed by atoms with Gasteiger partial charge in [0.1, 0.15) is 0 Å². The SMILES string of the molecule is c1ccc(-c2nc(-c3ccccc3)n(-c3ccc(-c4ccc(-n5nc(-c6ccccc6)nc5-c5ccccc5)cc4)cc3)n2)cc1. The molecule has 8 rings (SSSR count). The lowest BCUT2D eigenvalue weighted by Gasteiger charge is -2.09. The predicted molar refractivity (Wildman–Crippen MR) is 183 cm³/mol. The fourth-order valence-corrected chi connectivity index (χ4v) is 5.54. The summed E-state index contributed by atoms with van der Waals surface area (Å²) in [6, 6.07) is 57.4. The molecule has 46 heavy (non-hydrogen) atoms. The van der Waals surface area contributed by atoms with Crippen LogP contribution in [-0.4, -0.2) is 29.5 Å². The van der Waals surface area contributed by atoms with Crippen LogP contribution >= 0.6 is 0 Å². The Labute approximate surface area is 266 Å². The van der Waals surface area contributed by atoms with E-state index in [0.717, 1.165) is 56.4 Å². The lowest BCUT2D eigenvalue weighted by Crippen LogP contribution is -2.00. The van der Waals surface area contributed by atoms with E-state index in [4.69, 9.17) is 20.2 Å². The topological polar surface area (TPSA) is 61.4 Å². The van der Waals surface area contributed by atoms with Crippen LogP contribution in [0.3, 0.4) is 0 Å². The summed E-state index contributed by atoms with van der Waals surface area (Å²) in [4.78, 5) is 9.87. The van der Waals surface area contributed by atoms with Crippen molar-refractivity contribution in [2.75, 3.05) is 0 Å². The summed E-state index contributed by atoms with van der Waals surface area (Å²) >= 11 is 0. The highest BCUT2D eigenvalue weighted by Crippen LogP contribution is 2.29. The Morgan fingerprint density at radius 1 is 0.283 bits per heavy atom. The molecular formula is C40H28N6. The molecule has 6 aromatic carbocycles. The maximum Gasteiger partial charge on any atom is 0.182 e. The van der Waals surface area contributed by atoms with Gasteiger partial charge in [-0.05, 0) is 35.4 Å². The van der Waals surface area contributed by atoms with Gasteiger partial charge in [0.15, 0.2) is 23.3 Å². The molecule has 0 saturated heterocycles. The molecule has 0 unspecified atom stereocenters. The highest BCUT2D eigenvalue weighted by molar-refractivity contribution is 5.69. The van der Waals surface area contributed by atoms with Gasteiger partial charge in [-0.3, -0.25) is 0 Å². The molecule has 0 atom stereocenters. The molecule has 0 bridgehead atoms. The molecule has 0 spiro atoms. The molecule has 0 fully saturated rings. The Morgan fingerprint density at radius 2 is 0.587 bits per heavy atom. The minimum atomic E-state index is 0.692. The Kier molecular flexibility index (Phi) is 7.05. The van der Waals surface area contributed by atoms with E-state index < -0.39 is 0 Å². The van der Waals surface area contributed by atoms with Gasteiger partial charge in [0.2, 0.25) is 0 Å². The van der Waals surface area contributed by atoms with Crippen LogP contribution in [0.1, 0.15) is 0 Å². The third-order valence-corrected chi connectivity index (χ3v) is 7.90. The standard InChI is InChI=1S/C40H28N6/c1-5-13-31(14-6-1)37-41-39(33-17-9-3-10-18-33)45(43-37)35-25-21-29(22-26-35)30-23-27-36(28-24-30)46-40(34-19-11-4-12-20-34)42-38(44-46)32-15-7-2-8-16-32/h1-28H. The van der Waals surface area contributed by atoms with Crippen molar-refractivity contribution in [2.24, 2.45) is 0 Å². The van der Waals surface area contributed by atoms with E-state index in [0.29, 0.717) is 11.6 Å². The second-order valence-corrected chi connectivity index (χ2v) is 10.9. The summed E-state index contributed by atoms with van der Waals surface area (Å²) < 4.78 is 3.84. The smallest absolute Gasteiger partial charge is 0.182 e. The molecule has 6 heteroatoms. The van der Waals surface area contributed by atoms with Crippen molar-refractivity contribution in [1.29, 1.82) is 0 Å². The first kappa shape index (κ1) is 27.2. The highest BCUT2D eigenvalue weighted by Gasteiger charge is 2.17. The van der Waals surface area contributed by atoms with Crippen molar-refractivity contribution in [3.05, 3.63) is 170 Å². The van der Waals surface area contributed by atoms with E-state index in [1.165, 1.54) is 0 Å². The Hall–Kier alpha value is -6.40. The maximum absolute atomic E-state index is 4.93. The number of benzene rings is 6. The van der Waals surface area contributed by atoms with Crippen LogP contribution in [0, 0.1) is 0 Å². The molecular weight excluding hydrogens is 564 g/mol. The quantitative estimate of drug-likeness (QED) is 0.185. The minimum Gasteiger partial charge on any atom is -0.213 e. The van der Waals surface area contributed by atoms with Crippen molar-refractivity contribution >= 4 is 0 Å². The van der Waals surface area contributed by atoms with Crippen LogP contribution in [0.2, 0.25) is 0 Å². The third kappa shape index (κ3) is 5.29. The molecule has 0 saturated carbocycles. The van der Waals surface area contributed by atoms with Crippen LogP contribution in [0.4, 0.5) is 0 Å². The van der Waals surface area contributed by atoms with Gasteiger partial charge in [0.05, 0.1) is 11.4 Å². The summed E-state index contributed by atoms with van der Waals surface area (Å²) in [5, 5.41) is 9.84. The van der Waals surface area contributed by atoms with Crippen LogP contribution < -0.4 is 0 Å². The fourth-order valence-electron chi connectivity index (χ4n) is 5.54. The first-order valence-electron chi connectivity index (χ1n) is 15.2.